The number of H-pyrrole nitrogens is 1. The highest BCUT2D eigenvalue weighted by Gasteiger charge is 2.65. The minimum atomic E-state index is -0.984. The van der Waals surface area contributed by atoms with Crippen LogP contribution in [0.15, 0.2) is 117 Å². The highest BCUT2D eigenvalue weighted by molar-refractivity contribution is 7.50. The molecule has 5 aromatic heterocycles. The van der Waals surface area contributed by atoms with Crippen LogP contribution in [0.4, 0.5) is 17.5 Å². The van der Waals surface area contributed by atoms with Gasteiger partial charge in [-0.3, -0.25) is 61.1 Å². The smallest absolute Gasteiger partial charge is 0.351 e. The summed E-state index contributed by atoms with van der Waals surface area (Å²) in [6.07, 6.45) is 0.984. The van der Waals surface area contributed by atoms with Gasteiger partial charge in [0.1, 0.15) is 122 Å². The zero-order valence-corrected chi connectivity index (χ0v) is 86.0. The Labute approximate surface area is 808 Å². The largest absolute Gasteiger partial charge is 0.400 e. The summed E-state index contributed by atoms with van der Waals surface area (Å²) in [4.78, 5) is 110. The number of nitrogens with one attached hydrogen (secondary N) is 4. The summed E-state index contributed by atoms with van der Waals surface area (Å²) < 4.78 is 146. The molecule has 8 aliphatic rings. The van der Waals surface area contributed by atoms with Gasteiger partial charge in [0.25, 0.3) is 17.4 Å². The number of carbonyl (C=O) groups is 3. The maximum Gasteiger partial charge on any atom is 0.351 e. The summed E-state index contributed by atoms with van der Waals surface area (Å²) in [6, 6.07) is 21.6. The number of aliphatic hydroxyl groups is 4. The third-order valence-electron chi connectivity index (χ3n) is 22.9. The Kier molecular flexibility index (Phi) is 36.7. The predicted molar refractivity (Wildman–Crippen MR) is 521 cm³/mol. The van der Waals surface area contributed by atoms with Crippen molar-refractivity contribution in [1.29, 1.82) is 5.72 Å². The molecule has 135 heavy (non-hydrogen) atoms. The standard InChI is InChI=1S/C25H33N6O4P.C25H35N4O5P.C19H31N4O5P.C18H30N3O5P.4CH4O/c1-15(2)31(16(3)4)36(6)35-20-19-24(34-25(20,5)12-33-19)30-14-28-18-21(26-13-27-22(18)30)29-23(32)17-10-8-7-9-11-17;1-15(2)29(16(3)4)35(7)34-20-19-23(33-25(20,6)14-32-19)28-13-17(5)21(27-24(28)31)26-22(30)18-11-9-8-10-12-18;1-11(2)23(12(3)4)29(7)28-16-15-17(27-19(16,6)10-26-15)22-9-8-14(20-13(5)24)21-18(22)25;1-10(2)21(11(3)4)27(7)26-14-13-16(25-18(14,6)9-24-13)20-8-12(5)15(22)19-17(20)23;4*1-2/h7-11,13-16,19-20,24H,12H2,1-6H3,(H,26,27,29,32);8-13,15-16,19-20,23H,14H2,1-7H3,(H,26,27,30,31);8-9,11-12,15-17H,10H2,1-7H3,(H,20,21,24,25);8,10-11,13-14,16H,9H2,1-7H3,(H,19,22,23);4*2H,1H3/t19-,20?,24+,25-,36?;19-,20?,23+,25-,35?;15-,16?,17+,19-,29?;13-,14?,16+,18-,27?;;;;/m0000..../s1/i5D;3*6D;4*2T. The molecule has 0 saturated carbocycles. The Morgan fingerprint density at radius 1 is 0.474 bits per heavy atom. The SMILES string of the molecule is [2H]C[C@]12CO[C@@H](C1OP(C)N(C(C)C)C(C)C)[C@H](n1cc(C)c(=O)[nH]c1=O)O2.[2H]C[C@]12CO[C@@H](C1OP(C)N(C(C)C)C(C)C)[C@H](n1cc(C)c(NC(=O)c3ccccc3)nc1=O)O2.[2H]C[C@]12CO[C@@H](C1OP(C)N(C(C)C)C(C)C)[C@H](n1ccc(NC(C)=O)nc1=O)O2.[2H]C[C@]12CO[C@@H](C1OP(C)N(C(C)C)C(C)C)[C@H](n1cnc3c(NC(=O)c4ccccc4)ncnc31)O2.[3H]OC.[3H]OC.[3H]OC.[3H]OC. The second kappa shape index (κ2) is 49.2. The fraction of sp³-hybridized carbons (Fsp3) is 0.648. The van der Waals surface area contributed by atoms with Gasteiger partial charge >= 0.3 is 17.1 Å². The monoisotopic (exact) mass is 1980 g/mol. The number of hydrogen-bond donors (Lipinski definition) is 8. The van der Waals surface area contributed by atoms with E-state index in [1.165, 1.54) is 73.9 Å². The molecule has 0 radical (unpaired) electrons. The van der Waals surface area contributed by atoms with Crippen molar-refractivity contribution in [3.63, 3.8) is 0 Å². The van der Waals surface area contributed by atoms with Gasteiger partial charge in [0.2, 0.25) is 11.6 Å². The van der Waals surface area contributed by atoms with Crippen molar-refractivity contribution in [3.05, 3.63) is 162 Å². The van der Waals surface area contributed by atoms with E-state index in [9.17, 15) is 33.6 Å². The number of rotatable bonds is 29. The van der Waals surface area contributed by atoms with Gasteiger partial charge in [0, 0.05) is 130 Å². The summed E-state index contributed by atoms with van der Waals surface area (Å²) in [7, 11) is 1.34. The summed E-state index contributed by atoms with van der Waals surface area (Å²) in [5.41, 5.74) is -2.85. The number of imidazole rings is 1. The van der Waals surface area contributed by atoms with Crippen LogP contribution >= 0.6 is 33.2 Å². The van der Waals surface area contributed by atoms with Crippen molar-refractivity contribution in [2.75, 3.05) is 97.5 Å². The van der Waals surface area contributed by atoms with E-state index in [4.69, 9.17) is 67.2 Å². The van der Waals surface area contributed by atoms with Crippen molar-refractivity contribution in [2.24, 2.45) is 0 Å². The number of carbonyl (C=O) groups excluding carboxylic acids is 3. The first-order valence-electron chi connectivity index (χ1n) is 48.9. The first-order valence-corrected chi connectivity index (χ1v) is 51.1. The number of nitrogens with zero attached hydrogens (tertiary/aromatic N) is 13. The number of aliphatic hydroxyl groups excluding tert-OH is 4. The molecule has 8 fully saturated rings. The Morgan fingerprint density at radius 3 is 1.16 bits per heavy atom. The van der Waals surface area contributed by atoms with Crippen LogP contribution in [-0.2, 0) is 60.8 Å². The van der Waals surface area contributed by atoms with Crippen LogP contribution in [-0.4, -0.2) is 312 Å². The van der Waals surface area contributed by atoms with E-state index in [0.29, 0.717) is 82.1 Å². The maximum atomic E-state index is 13.1. The number of anilines is 3. The molecule has 44 heteroatoms. The summed E-state index contributed by atoms with van der Waals surface area (Å²) in [5.74, 6) is -0.257. The van der Waals surface area contributed by atoms with Gasteiger partial charge < -0.3 is 92.4 Å². The van der Waals surface area contributed by atoms with Crippen LogP contribution in [0.3, 0.4) is 0 Å². The number of amides is 3. The highest BCUT2D eigenvalue weighted by Crippen LogP contribution is 2.58. The van der Waals surface area contributed by atoms with E-state index in [2.05, 4.69) is 222 Å². The summed E-state index contributed by atoms with van der Waals surface area (Å²) in [6.45, 7) is 48.1. The highest BCUT2D eigenvalue weighted by atomic mass is 31.2. The van der Waals surface area contributed by atoms with Gasteiger partial charge in [-0.05, 0) is 209 Å². The minimum Gasteiger partial charge on any atom is -0.400 e. The van der Waals surface area contributed by atoms with Crippen LogP contribution < -0.4 is 38.6 Å². The van der Waals surface area contributed by atoms with Gasteiger partial charge in [-0.15, -0.1) is 0 Å². The lowest BCUT2D eigenvalue weighted by Crippen LogP contribution is -2.40. The topological polar surface area (TPSA) is 460 Å². The molecule has 3 amide bonds. The normalized spacial score (nSPS) is 27.6. The van der Waals surface area contributed by atoms with E-state index >= 15 is 0 Å². The molecule has 0 spiro atoms. The third kappa shape index (κ3) is 25.8. The number of aryl methyl sites for hydroxylation is 2. The van der Waals surface area contributed by atoms with Crippen molar-refractivity contribution in [3.8, 4) is 0 Å². The molecule has 8 N–H and O–H groups in total. The quantitative estimate of drug-likeness (QED) is 0.0202. The number of hydrogen-bond acceptors (Lipinski definition) is 32. The van der Waals surface area contributed by atoms with Gasteiger partial charge in [-0.1, -0.05) is 36.4 Å². The molecule has 8 unspecified atom stereocenters. The zero-order chi connectivity index (χ0) is 106. The number of benzene rings is 2. The van der Waals surface area contributed by atoms with E-state index in [1.807, 2.05) is 12.1 Å². The molecule has 20 atom stereocenters. The van der Waals surface area contributed by atoms with Crippen molar-refractivity contribution >= 4 is 79.5 Å². The molecule has 15 rings (SSSR count). The van der Waals surface area contributed by atoms with Crippen LogP contribution in [0.2, 0.25) is 0 Å². The maximum absolute atomic E-state index is 13.1. The van der Waals surface area contributed by atoms with Crippen LogP contribution in [0.1, 0.15) is 208 Å². The lowest BCUT2D eigenvalue weighted by molar-refractivity contribution is -0.167. The van der Waals surface area contributed by atoms with E-state index in [-0.39, 0.29) is 88.9 Å². The number of aromatic amines is 1. The van der Waals surface area contributed by atoms with Gasteiger partial charge in [0.15, 0.2) is 41.9 Å². The second-order valence-corrected chi connectivity index (χ2v) is 41.8. The molecule has 7 aromatic rings. The van der Waals surface area contributed by atoms with Gasteiger partial charge in [0.05, 0.1) is 32.8 Å². The molecule has 8 aliphatic heterocycles. The molecule has 40 nitrogen and oxygen atoms in total. The average molecular weight is 1980 g/mol. The van der Waals surface area contributed by atoms with Crippen LogP contribution in [0.25, 0.3) is 11.2 Å². The van der Waals surface area contributed by atoms with E-state index < -0.39 is 152 Å². The van der Waals surface area contributed by atoms with E-state index in [1.54, 1.807) is 79.5 Å². The van der Waals surface area contributed by atoms with Crippen LogP contribution in [0.5, 0.6) is 0 Å². The molecular weight excluding hydrogens is 1820 g/mol. The van der Waals surface area contributed by atoms with Gasteiger partial charge in [-0.25, -0.2) is 29.3 Å². The number of aromatic nitrogens is 10. The molecule has 13 heterocycles. The minimum absolute atomic E-state index is 0.0111. The lowest BCUT2D eigenvalue weighted by atomic mass is 10.0. The predicted octanol–water partition coefficient (Wildman–Crippen LogP) is 10.9. The summed E-state index contributed by atoms with van der Waals surface area (Å²) >= 11 is 0. The molecule has 0 aliphatic carbocycles. The molecule has 2 aromatic carbocycles. The van der Waals surface area contributed by atoms with Gasteiger partial charge in [-0.2, -0.15) is 9.97 Å². The van der Waals surface area contributed by atoms with Crippen LogP contribution in [0, 0.1) is 13.8 Å². The second-order valence-electron chi connectivity index (χ2n) is 35.4. The van der Waals surface area contributed by atoms with Crippen molar-refractivity contribution < 1.29 is 96.3 Å². The Morgan fingerprint density at radius 2 is 0.807 bits per heavy atom. The Bertz CT molecular complexity index is 5420. The Balaban J connectivity index is 0.000000225. The lowest BCUT2D eigenvalue weighted by Gasteiger charge is -2.37. The summed E-state index contributed by atoms with van der Waals surface area (Å²) in [5, 5.41) is 22.0. The fourth-order valence-corrected chi connectivity index (χ4v) is 26.1. The number of ether oxygens (including phenoxy) is 8. The third-order valence-corrected chi connectivity index (χ3v) is 31.3. The number of fused-ring (bicyclic) bond motifs is 9. The average Bonchev–Trinajstić information content (AvgIpc) is 1.57. The first-order chi connectivity index (χ1) is 67.7. The zero-order valence-electron chi connectivity index (χ0n) is 90.4. The molecule has 8 bridgehead atoms. The van der Waals surface area contributed by atoms with Crippen molar-refractivity contribution in [1.82, 2.24) is 66.9 Å². The first kappa shape index (κ1) is 101. The Hall–Kier alpha value is -7.24. The molecular formula is C91H145N17O23P4. The molecule has 8 saturated heterocycles. The fourth-order valence-electron chi connectivity index (χ4n) is 17.9. The van der Waals surface area contributed by atoms with E-state index in [0.717, 1.165) is 0 Å². The molecule has 752 valence electrons. The van der Waals surface area contributed by atoms with Crippen molar-refractivity contribution in [2.45, 2.75) is 304 Å².